The van der Waals surface area contributed by atoms with E-state index in [4.69, 9.17) is 0 Å². The molecule has 3 rings (SSSR count). The monoisotopic (exact) mass is 330 g/mol. The van der Waals surface area contributed by atoms with E-state index in [1.54, 1.807) is 36.4 Å². The fourth-order valence-electron chi connectivity index (χ4n) is 2.34. The summed E-state index contributed by atoms with van der Waals surface area (Å²) in [5.41, 5.74) is 1.81. The molecule has 1 aliphatic heterocycles. The molecule has 0 spiro atoms. The summed E-state index contributed by atoms with van der Waals surface area (Å²) in [6.45, 7) is 1.83. The summed E-state index contributed by atoms with van der Waals surface area (Å²) >= 11 is 0. The van der Waals surface area contributed by atoms with Crippen LogP contribution in [0.3, 0.4) is 0 Å². The van der Waals surface area contributed by atoms with Gasteiger partial charge in [-0.2, -0.15) is 5.01 Å². The quantitative estimate of drug-likeness (QED) is 0.863. The third-order valence-corrected chi connectivity index (χ3v) is 4.90. The van der Waals surface area contributed by atoms with Crippen molar-refractivity contribution >= 4 is 21.8 Å². The van der Waals surface area contributed by atoms with Gasteiger partial charge in [0.1, 0.15) is 0 Å². The van der Waals surface area contributed by atoms with E-state index in [2.05, 4.69) is 4.83 Å². The van der Waals surface area contributed by atoms with Crippen molar-refractivity contribution in [1.29, 1.82) is 0 Å². The van der Waals surface area contributed by atoms with Crippen LogP contribution in [0.25, 0.3) is 0 Å². The lowest BCUT2D eigenvalue weighted by Crippen LogP contribution is -2.52. The fourth-order valence-corrected chi connectivity index (χ4v) is 3.37. The second-order valence-electron chi connectivity index (χ2n) is 5.28. The minimum atomic E-state index is -4.01. The Kier molecular flexibility index (Phi) is 3.75. The van der Waals surface area contributed by atoms with E-state index in [1.807, 2.05) is 6.92 Å². The van der Waals surface area contributed by atoms with Crippen molar-refractivity contribution < 1.29 is 18.0 Å². The van der Waals surface area contributed by atoms with E-state index in [0.717, 1.165) is 5.56 Å². The summed E-state index contributed by atoms with van der Waals surface area (Å²) in [5.74, 6) is -1.28. The van der Waals surface area contributed by atoms with Crippen LogP contribution >= 0.6 is 0 Å². The largest absolute Gasteiger partial charge is 0.276 e. The number of fused-ring (bicyclic) bond motifs is 1. The Balaban J connectivity index is 1.92. The van der Waals surface area contributed by atoms with Gasteiger partial charge in [-0.1, -0.05) is 35.9 Å². The van der Waals surface area contributed by atoms with Crippen molar-refractivity contribution in [3.63, 3.8) is 0 Å². The molecule has 23 heavy (non-hydrogen) atoms. The van der Waals surface area contributed by atoms with Crippen LogP contribution in [0, 0.1) is 6.92 Å². The average Bonchev–Trinajstić information content (AvgIpc) is 2.52. The molecule has 0 saturated heterocycles. The summed E-state index contributed by atoms with van der Waals surface area (Å²) in [5, 5.41) is 0.567. The standard InChI is InChI=1S/C16H14N2O4S/c1-11-6-8-13(9-7-11)23(21,22)17-18-15(19)10-12-4-2-3-5-14(12)16(18)20/h2-9,17H,10H2,1H3. The van der Waals surface area contributed by atoms with Gasteiger partial charge in [0.25, 0.3) is 15.9 Å². The van der Waals surface area contributed by atoms with Crippen LogP contribution in [0.5, 0.6) is 0 Å². The highest BCUT2D eigenvalue weighted by atomic mass is 32.2. The number of benzene rings is 2. The van der Waals surface area contributed by atoms with Crippen LogP contribution < -0.4 is 4.83 Å². The molecule has 1 heterocycles. The highest BCUT2D eigenvalue weighted by molar-refractivity contribution is 7.89. The number of amides is 2. The number of hydrogen-bond acceptors (Lipinski definition) is 4. The fraction of sp³-hybridized carbons (Fsp3) is 0.125. The van der Waals surface area contributed by atoms with E-state index in [1.165, 1.54) is 12.1 Å². The second-order valence-corrected chi connectivity index (χ2v) is 6.94. The minimum absolute atomic E-state index is 0.0115. The Labute approximate surface area is 133 Å². The number of nitrogens with one attached hydrogen (secondary N) is 1. The van der Waals surface area contributed by atoms with Crippen molar-refractivity contribution in [3.05, 3.63) is 65.2 Å². The maximum absolute atomic E-state index is 12.4. The first kappa shape index (κ1) is 15.4. The van der Waals surface area contributed by atoms with Gasteiger partial charge in [-0.05, 0) is 30.7 Å². The number of imide groups is 1. The maximum atomic E-state index is 12.4. The van der Waals surface area contributed by atoms with Crippen molar-refractivity contribution in [3.8, 4) is 0 Å². The number of sulfonamides is 1. The highest BCUT2D eigenvalue weighted by Crippen LogP contribution is 2.19. The zero-order valence-electron chi connectivity index (χ0n) is 12.3. The number of hydrazine groups is 1. The first-order valence-corrected chi connectivity index (χ1v) is 8.41. The number of carbonyl (C=O) groups excluding carboxylic acids is 2. The lowest BCUT2D eigenvalue weighted by molar-refractivity contribution is -0.129. The zero-order valence-corrected chi connectivity index (χ0v) is 13.1. The molecule has 0 fully saturated rings. The second kappa shape index (κ2) is 5.60. The van der Waals surface area contributed by atoms with Crippen LogP contribution in [0.1, 0.15) is 21.5 Å². The van der Waals surface area contributed by atoms with Crippen LogP contribution in [-0.4, -0.2) is 25.2 Å². The molecule has 2 aromatic carbocycles. The van der Waals surface area contributed by atoms with Gasteiger partial charge in [0.15, 0.2) is 0 Å². The molecule has 0 aromatic heterocycles. The smallest absolute Gasteiger partial charge is 0.273 e. The molecule has 0 aliphatic carbocycles. The van der Waals surface area contributed by atoms with Gasteiger partial charge >= 0.3 is 0 Å². The summed E-state index contributed by atoms with van der Waals surface area (Å²) in [6.07, 6.45) is -0.0294. The third-order valence-electron chi connectivity index (χ3n) is 3.58. The number of aryl methyl sites for hydroxylation is 1. The molecule has 0 unspecified atom stereocenters. The first-order valence-electron chi connectivity index (χ1n) is 6.93. The number of carbonyl (C=O) groups is 2. The Bertz CT molecular complexity index is 889. The van der Waals surface area contributed by atoms with Gasteiger partial charge in [-0.25, -0.2) is 8.42 Å². The Morgan fingerprint density at radius 1 is 1.00 bits per heavy atom. The van der Waals surface area contributed by atoms with E-state index < -0.39 is 21.8 Å². The molecule has 7 heteroatoms. The van der Waals surface area contributed by atoms with E-state index in [9.17, 15) is 18.0 Å². The van der Waals surface area contributed by atoms with Gasteiger partial charge in [0.2, 0.25) is 5.91 Å². The van der Waals surface area contributed by atoms with Crippen molar-refractivity contribution in [2.75, 3.05) is 0 Å². The van der Waals surface area contributed by atoms with E-state index >= 15 is 0 Å². The first-order chi connectivity index (χ1) is 10.9. The summed E-state index contributed by atoms with van der Waals surface area (Å²) < 4.78 is 24.7. The lowest BCUT2D eigenvalue weighted by atomic mass is 10.00. The molecule has 2 aromatic rings. The maximum Gasteiger partial charge on any atom is 0.276 e. The molecular weight excluding hydrogens is 316 g/mol. The van der Waals surface area contributed by atoms with Crippen molar-refractivity contribution in [2.24, 2.45) is 0 Å². The molecule has 1 N–H and O–H groups in total. The topological polar surface area (TPSA) is 83.6 Å². The third kappa shape index (κ3) is 2.88. The average molecular weight is 330 g/mol. The highest BCUT2D eigenvalue weighted by Gasteiger charge is 2.34. The van der Waals surface area contributed by atoms with Crippen LogP contribution in [0.2, 0.25) is 0 Å². The predicted octanol–water partition coefficient (Wildman–Crippen LogP) is 1.41. The Morgan fingerprint density at radius 2 is 1.65 bits per heavy atom. The summed E-state index contributed by atoms with van der Waals surface area (Å²) in [7, 11) is -4.01. The van der Waals surface area contributed by atoms with E-state index in [0.29, 0.717) is 16.1 Å². The molecule has 0 radical (unpaired) electrons. The molecule has 0 atom stereocenters. The van der Waals surface area contributed by atoms with Gasteiger partial charge in [-0.15, -0.1) is 4.83 Å². The minimum Gasteiger partial charge on any atom is -0.273 e. The lowest BCUT2D eigenvalue weighted by Gasteiger charge is -2.26. The molecule has 118 valence electrons. The Morgan fingerprint density at radius 3 is 2.35 bits per heavy atom. The molecule has 2 amide bonds. The van der Waals surface area contributed by atoms with Crippen LogP contribution in [0.15, 0.2) is 53.4 Å². The van der Waals surface area contributed by atoms with Gasteiger partial charge in [-0.3, -0.25) is 9.59 Å². The summed E-state index contributed by atoms with van der Waals surface area (Å²) in [4.78, 5) is 26.5. The molecule has 1 aliphatic rings. The van der Waals surface area contributed by atoms with Gasteiger partial charge in [0, 0.05) is 5.56 Å². The molecule has 0 saturated carbocycles. The van der Waals surface area contributed by atoms with E-state index in [-0.39, 0.29) is 11.3 Å². The van der Waals surface area contributed by atoms with Crippen molar-refractivity contribution in [1.82, 2.24) is 9.84 Å². The zero-order chi connectivity index (χ0) is 16.6. The molecular formula is C16H14N2O4S. The van der Waals surface area contributed by atoms with Gasteiger partial charge < -0.3 is 0 Å². The number of nitrogens with zero attached hydrogens (tertiary/aromatic N) is 1. The number of hydrogen-bond donors (Lipinski definition) is 1. The Hall–Kier alpha value is -2.51. The predicted molar refractivity (Wildman–Crippen MR) is 82.8 cm³/mol. The van der Waals surface area contributed by atoms with Crippen LogP contribution in [-0.2, 0) is 21.2 Å². The van der Waals surface area contributed by atoms with Gasteiger partial charge in [0.05, 0.1) is 11.3 Å². The molecule has 0 bridgehead atoms. The normalized spacial score (nSPS) is 14.7. The van der Waals surface area contributed by atoms with Crippen LogP contribution in [0.4, 0.5) is 0 Å². The molecule has 6 nitrogen and oxygen atoms in total. The summed E-state index contributed by atoms with van der Waals surface area (Å²) in [6, 6.07) is 12.8. The SMILES string of the molecule is Cc1ccc(S(=O)(=O)NN2C(=O)Cc3ccccc3C2=O)cc1. The number of rotatable bonds is 3. The van der Waals surface area contributed by atoms with Crippen molar-refractivity contribution in [2.45, 2.75) is 18.2 Å².